The monoisotopic (exact) mass is 390 g/mol. The van der Waals surface area contributed by atoms with Crippen molar-refractivity contribution in [2.45, 2.75) is 13.3 Å². The summed E-state index contributed by atoms with van der Waals surface area (Å²) in [7, 11) is 0. The number of amides is 2. The van der Waals surface area contributed by atoms with Crippen LogP contribution < -0.4 is 10.2 Å². The van der Waals surface area contributed by atoms with Crippen LogP contribution in [-0.4, -0.2) is 18.4 Å². The van der Waals surface area contributed by atoms with Crippen molar-refractivity contribution in [1.29, 1.82) is 0 Å². The minimum Gasteiger partial charge on any atom is -0.322 e. The summed E-state index contributed by atoms with van der Waals surface area (Å²) in [4.78, 5) is 27.5. The van der Waals surface area contributed by atoms with Gasteiger partial charge in [-0.1, -0.05) is 41.9 Å². The average molecular weight is 391 g/mol. The quantitative estimate of drug-likeness (QED) is 0.676. The van der Waals surface area contributed by atoms with Crippen LogP contribution in [0.4, 0.5) is 11.4 Å². The first-order valence-corrected chi connectivity index (χ1v) is 9.48. The van der Waals surface area contributed by atoms with E-state index in [0.29, 0.717) is 28.4 Å². The third-order valence-corrected chi connectivity index (χ3v) is 5.19. The Morgan fingerprint density at radius 2 is 1.75 bits per heavy atom. The first-order chi connectivity index (χ1) is 13.5. The zero-order valence-corrected chi connectivity index (χ0v) is 16.2. The molecule has 0 bridgehead atoms. The van der Waals surface area contributed by atoms with Gasteiger partial charge in [-0.3, -0.25) is 9.59 Å². The van der Waals surface area contributed by atoms with Gasteiger partial charge in [0.15, 0.2) is 0 Å². The van der Waals surface area contributed by atoms with Crippen molar-refractivity contribution in [3.63, 3.8) is 0 Å². The number of carbonyl (C=O) groups excluding carboxylic acids is 2. The SMILES string of the molecule is Cc1ccc(Cl)cc1NC(=O)c1cccc(C(=O)N2CCc3ccccc32)c1. The molecule has 1 aliphatic heterocycles. The summed E-state index contributed by atoms with van der Waals surface area (Å²) in [5.41, 5.74) is 4.60. The van der Waals surface area contributed by atoms with E-state index in [4.69, 9.17) is 11.6 Å². The average Bonchev–Trinajstić information content (AvgIpc) is 3.14. The fraction of sp³-hybridized carbons (Fsp3) is 0.130. The third-order valence-electron chi connectivity index (χ3n) is 4.95. The van der Waals surface area contributed by atoms with Gasteiger partial charge in [0.2, 0.25) is 0 Å². The molecule has 0 aromatic heterocycles. The molecule has 0 unspecified atom stereocenters. The van der Waals surface area contributed by atoms with Gasteiger partial charge in [0.25, 0.3) is 11.8 Å². The van der Waals surface area contributed by atoms with Crippen LogP contribution in [0.1, 0.15) is 31.8 Å². The number of aryl methyl sites for hydroxylation is 1. The Morgan fingerprint density at radius 1 is 0.964 bits per heavy atom. The minimum atomic E-state index is -0.276. The molecular formula is C23H19ClN2O2. The number of nitrogens with zero attached hydrogens (tertiary/aromatic N) is 1. The van der Waals surface area contributed by atoms with Crippen molar-refractivity contribution in [2.75, 3.05) is 16.8 Å². The van der Waals surface area contributed by atoms with Crippen LogP contribution >= 0.6 is 11.6 Å². The predicted octanol–water partition coefficient (Wildman–Crippen LogP) is 5.10. The lowest BCUT2D eigenvalue weighted by Gasteiger charge is -2.18. The molecule has 1 N–H and O–H groups in total. The summed E-state index contributed by atoms with van der Waals surface area (Å²) >= 11 is 6.03. The van der Waals surface area contributed by atoms with Crippen molar-refractivity contribution in [3.8, 4) is 0 Å². The Labute approximate surface area is 168 Å². The van der Waals surface area contributed by atoms with E-state index in [9.17, 15) is 9.59 Å². The van der Waals surface area contributed by atoms with Gasteiger partial charge in [-0.2, -0.15) is 0 Å². The van der Waals surface area contributed by atoms with E-state index in [-0.39, 0.29) is 11.8 Å². The number of carbonyl (C=O) groups is 2. The first-order valence-electron chi connectivity index (χ1n) is 9.10. The van der Waals surface area contributed by atoms with E-state index >= 15 is 0 Å². The molecule has 0 spiro atoms. The van der Waals surface area contributed by atoms with Crippen LogP contribution in [0.2, 0.25) is 5.02 Å². The Hall–Kier alpha value is -3.11. The van der Waals surface area contributed by atoms with Crippen LogP contribution in [0.15, 0.2) is 66.7 Å². The van der Waals surface area contributed by atoms with Crippen molar-refractivity contribution >= 4 is 34.8 Å². The lowest BCUT2D eigenvalue weighted by Crippen LogP contribution is -2.29. The largest absolute Gasteiger partial charge is 0.322 e. The molecule has 4 rings (SSSR count). The smallest absolute Gasteiger partial charge is 0.258 e. The molecule has 0 radical (unpaired) electrons. The van der Waals surface area contributed by atoms with E-state index in [1.807, 2.05) is 37.3 Å². The fourth-order valence-electron chi connectivity index (χ4n) is 3.42. The summed E-state index contributed by atoms with van der Waals surface area (Å²) in [6.07, 6.45) is 0.843. The molecule has 0 saturated heterocycles. The van der Waals surface area contributed by atoms with Crippen LogP contribution in [0, 0.1) is 6.92 Å². The molecular weight excluding hydrogens is 372 g/mol. The predicted molar refractivity (Wildman–Crippen MR) is 112 cm³/mol. The molecule has 0 saturated carbocycles. The van der Waals surface area contributed by atoms with E-state index in [0.717, 1.165) is 17.7 Å². The van der Waals surface area contributed by atoms with Crippen molar-refractivity contribution in [3.05, 3.63) is 94.0 Å². The standard InChI is InChI=1S/C23H19ClN2O2/c1-15-9-10-19(24)14-20(15)25-22(27)17-6-4-7-18(13-17)23(28)26-12-11-16-5-2-3-8-21(16)26/h2-10,13-14H,11-12H2,1H3,(H,25,27). The summed E-state index contributed by atoms with van der Waals surface area (Å²) in [6, 6.07) is 20.1. The van der Waals surface area contributed by atoms with Crippen LogP contribution in [0.3, 0.4) is 0 Å². The highest BCUT2D eigenvalue weighted by molar-refractivity contribution is 6.31. The number of anilines is 2. The van der Waals surface area contributed by atoms with Gasteiger partial charge in [-0.15, -0.1) is 0 Å². The fourth-order valence-corrected chi connectivity index (χ4v) is 3.59. The summed E-state index contributed by atoms with van der Waals surface area (Å²) < 4.78 is 0. The number of benzene rings is 3. The first kappa shape index (κ1) is 18.3. The van der Waals surface area contributed by atoms with Gasteiger partial charge in [-0.05, 0) is 60.9 Å². The highest BCUT2D eigenvalue weighted by Gasteiger charge is 2.25. The van der Waals surface area contributed by atoms with Crippen molar-refractivity contribution in [2.24, 2.45) is 0 Å². The molecule has 140 valence electrons. The molecule has 3 aromatic rings. The van der Waals surface area contributed by atoms with Crippen molar-refractivity contribution in [1.82, 2.24) is 0 Å². The summed E-state index contributed by atoms with van der Waals surface area (Å²) in [5, 5.41) is 3.42. The van der Waals surface area contributed by atoms with E-state index in [1.54, 1.807) is 41.3 Å². The van der Waals surface area contributed by atoms with Crippen LogP contribution in [0.5, 0.6) is 0 Å². The lowest BCUT2D eigenvalue weighted by atomic mass is 10.1. The Kier molecular flexibility index (Phi) is 4.88. The Morgan fingerprint density at radius 3 is 2.61 bits per heavy atom. The van der Waals surface area contributed by atoms with E-state index in [2.05, 4.69) is 5.32 Å². The number of nitrogens with one attached hydrogen (secondary N) is 1. The molecule has 5 heteroatoms. The zero-order chi connectivity index (χ0) is 19.7. The van der Waals surface area contributed by atoms with Crippen molar-refractivity contribution < 1.29 is 9.59 Å². The maximum absolute atomic E-state index is 13.0. The minimum absolute atomic E-state index is 0.0986. The van der Waals surface area contributed by atoms with Gasteiger partial charge < -0.3 is 10.2 Å². The van der Waals surface area contributed by atoms with Gasteiger partial charge in [0, 0.05) is 34.1 Å². The maximum atomic E-state index is 13.0. The number of para-hydroxylation sites is 1. The zero-order valence-electron chi connectivity index (χ0n) is 15.4. The number of hydrogen-bond acceptors (Lipinski definition) is 2. The molecule has 0 fully saturated rings. The second-order valence-corrected chi connectivity index (χ2v) is 7.27. The molecule has 0 atom stereocenters. The highest BCUT2D eigenvalue weighted by Crippen LogP contribution is 2.29. The maximum Gasteiger partial charge on any atom is 0.258 e. The molecule has 1 aliphatic rings. The van der Waals surface area contributed by atoms with Gasteiger partial charge in [-0.25, -0.2) is 0 Å². The second-order valence-electron chi connectivity index (χ2n) is 6.83. The molecule has 2 amide bonds. The van der Waals surface area contributed by atoms with Crippen LogP contribution in [0.25, 0.3) is 0 Å². The molecule has 28 heavy (non-hydrogen) atoms. The third kappa shape index (κ3) is 3.51. The van der Waals surface area contributed by atoms with Crippen LogP contribution in [-0.2, 0) is 6.42 Å². The summed E-state index contributed by atoms with van der Waals surface area (Å²) in [5.74, 6) is -0.375. The number of rotatable bonds is 3. The Bertz CT molecular complexity index is 1080. The topological polar surface area (TPSA) is 49.4 Å². The van der Waals surface area contributed by atoms with E-state index < -0.39 is 0 Å². The highest BCUT2D eigenvalue weighted by atomic mass is 35.5. The number of fused-ring (bicyclic) bond motifs is 1. The normalized spacial score (nSPS) is 12.6. The molecule has 4 nitrogen and oxygen atoms in total. The lowest BCUT2D eigenvalue weighted by molar-refractivity contribution is 0.0989. The summed E-state index contributed by atoms with van der Waals surface area (Å²) in [6.45, 7) is 2.55. The molecule has 1 heterocycles. The van der Waals surface area contributed by atoms with Gasteiger partial charge >= 0.3 is 0 Å². The van der Waals surface area contributed by atoms with Gasteiger partial charge in [0.1, 0.15) is 0 Å². The van der Waals surface area contributed by atoms with E-state index in [1.165, 1.54) is 5.56 Å². The molecule has 3 aromatic carbocycles. The second kappa shape index (κ2) is 7.49. The Balaban J connectivity index is 1.57. The number of hydrogen-bond donors (Lipinski definition) is 1. The number of halogens is 1. The van der Waals surface area contributed by atoms with Gasteiger partial charge in [0.05, 0.1) is 0 Å². The molecule has 0 aliphatic carbocycles.